The third-order valence-electron chi connectivity index (χ3n) is 5.69. The van der Waals surface area contributed by atoms with Crippen LogP contribution in [0.4, 0.5) is 0 Å². The molecule has 0 amide bonds. The zero-order chi connectivity index (χ0) is 20.3. The molecule has 3 aromatic rings. The lowest BCUT2D eigenvalue weighted by Gasteiger charge is -2.03. The van der Waals surface area contributed by atoms with Crippen LogP contribution < -0.4 is 12.4 Å². The van der Waals surface area contributed by atoms with E-state index >= 15 is 0 Å². The van der Waals surface area contributed by atoms with E-state index < -0.39 is 0 Å². The molecule has 0 spiro atoms. The smallest absolute Gasteiger partial charge is 0.364 e. The lowest BCUT2D eigenvalue weighted by atomic mass is 10.0. The molecule has 3 rings (SSSR count). The maximum absolute atomic E-state index is 9.66. The fourth-order valence-corrected chi connectivity index (χ4v) is 3.87. The summed E-state index contributed by atoms with van der Waals surface area (Å²) < 4.78 is 5.98. The molecule has 0 saturated heterocycles. The van der Waals surface area contributed by atoms with Gasteiger partial charge >= 0.3 is 11.3 Å². The highest BCUT2D eigenvalue weighted by Gasteiger charge is 2.14. The number of aryl methyl sites for hydroxylation is 1. The topological polar surface area (TPSA) is 31.5 Å². The van der Waals surface area contributed by atoms with Gasteiger partial charge in [0.2, 0.25) is 0 Å². The van der Waals surface area contributed by atoms with E-state index in [9.17, 15) is 5.11 Å². The molecule has 30 heavy (non-hydrogen) atoms. The van der Waals surface area contributed by atoms with E-state index in [2.05, 4.69) is 31.2 Å². The van der Waals surface area contributed by atoms with Gasteiger partial charge < -0.3 is 17.5 Å². The van der Waals surface area contributed by atoms with Gasteiger partial charge in [0.15, 0.2) is 0 Å². The molecule has 1 heterocycles. The van der Waals surface area contributed by atoms with Crippen LogP contribution in [0.15, 0.2) is 59.0 Å². The summed E-state index contributed by atoms with van der Waals surface area (Å²) in [7, 11) is 0. The SMILES string of the molecule is CCCCCCCCCCCCc1ccc(-c2ccc3ccc(O)cc3[o+]2)cc1.[Cl-]. The number of hydrogen-bond acceptors (Lipinski definition) is 1. The number of rotatable bonds is 12. The van der Waals surface area contributed by atoms with Gasteiger partial charge in [0.05, 0.1) is 17.0 Å². The largest absolute Gasteiger partial charge is 1.00 e. The van der Waals surface area contributed by atoms with Gasteiger partial charge in [-0.2, -0.15) is 0 Å². The molecule has 0 aliphatic heterocycles. The maximum Gasteiger partial charge on any atom is 0.364 e. The number of halogens is 1. The second-order valence-electron chi connectivity index (χ2n) is 8.15. The van der Waals surface area contributed by atoms with Gasteiger partial charge in [0.1, 0.15) is 5.75 Å². The summed E-state index contributed by atoms with van der Waals surface area (Å²) >= 11 is 0. The van der Waals surface area contributed by atoms with E-state index in [0.29, 0.717) is 5.58 Å². The zero-order valence-corrected chi connectivity index (χ0v) is 19.0. The van der Waals surface area contributed by atoms with Crippen molar-refractivity contribution in [3.8, 4) is 17.1 Å². The maximum atomic E-state index is 9.66. The quantitative estimate of drug-likeness (QED) is 0.304. The number of fused-ring (bicyclic) bond motifs is 1. The Labute approximate surface area is 187 Å². The molecule has 0 atom stereocenters. The zero-order valence-electron chi connectivity index (χ0n) is 18.2. The molecular weight excluding hydrogens is 392 g/mol. The van der Waals surface area contributed by atoms with Gasteiger partial charge in [-0.1, -0.05) is 76.8 Å². The highest BCUT2D eigenvalue weighted by atomic mass is 35.5. The highest BCUT2D eigenvalue weighted by Crippen LogP contribution is 2.27. The molecule has 3 heteroatoms. The summed E-state index contributed by atoms with van der Waals surface area (Å²) in [5.74, 6) is 1.05. The molecule has 162 valence electrons. The first kappa shape index (κ1) is 24.2. The minimum absolute atomic E-state index is 0. The Morgan fingerprint density at radius 2 is 1.30 bits per heavy atom. The first-order valence-corrected chi connectivity index (χ1v) is 11.4. The molecule has 1 aromatic heterocycles. The van der Waals surface area contributed by atoms with Gasteiger partial charge in [-0.25, -0.2) is 4.42 Å². The molecule has 0 aliphatic carbocycles. The molecule has 0 aliphatic rings. The van der Waals surface area contributed by atoms with Crippen molar-refractivity contribution < 1.29 is 21.9 Å². The number of phenolic OH excluding ortho intramolecular Hbond substituents is 1. The summed E-state index contributed by atoms with van der Waals surface area (Å²) in [6.07, 6.45) is 14.9. The van der Waals surface area contributed by atoms with Crippen LogP contribution in [-0.4, -0.2) is 5.11 Å². The van der Waals surface area contributed by atoms with Gasteiger partial charge in [-0.05, 0) is 48.7 Å². The Bertz CT molecular complexity index is 874. The lowest BCUT2D eigenvalue weighted by Crippen LogP contribution is -3.00. The molecule has 0 bridgehead atoms. The minimum atomic E-state index is 0. The monoisotopic (exact) mass is 426 g/mol. The van der Waals surface area contributed by atoms with Crippen molar-refractivity contribution in [1.29, 1.82) is 0 Å². The predicted octanol–water partition coefficient (Wildman–Crippen LogP) is 5.55. The second-order valence-corrected chi connectivity index (χ2v) is 8.15. The van der Waals surface area contributed by atoms with Crippen molar-refractivity contribution in [2.24, 2.45) is 0 Å². The fraction of sp³-hybridized carbons (Fsp3) is 0.444. The van der Waals surface area contributed by atoms with Gasteiger partial charge in [-0.15, -0.1) is 0 Å². The number of aromatic hydroxyl groups is 1. The first-order valence-electron chi connectivity index (χ1n) is 11.4. The van der Waals surface area contributed by atoms with Crippen LogP contribution in [0.1, 0.15) is 76.7 Å². The summed E-state index contributed by atoms with van der Waals surface area (Å²) in [6, 6.07) is 17.9. The van der Waals surface area contributed by atoms with E-state index in [1.54, 1.807) is 12.1 Å². The van der Waals surface area contributed by atoms with Crippen LogP contribution in [0.2, 0.25) is 0 Å². The summed E-state index contributed by atoms with van der Waals surface area (Å²) in [4.78, 5) is 0. The first-order chi connectivity index (χ1) is 14.3. The molecule has 0 fully saturated rings. The van der Waals surface area contributed by atoms with Crippen molar-refractivity contribution in [3.63, 3.8) is 0 Å². The third-order valence-corrected chi connectivity index (χ3v) is 5.69. The fourth-order valence-electron chi connectivity index (χ4n) is 3.87. The van der Waals surface area contributed by atoms with Crippen LogP contribution in [0.5, 0.6) is 5.75 Å². The van der Waals surface area contributed by atoms with Crippen LogP contribution in [0.25, 0.3) is 22.3 Å². The molecule has 1 N–H and O–H groups in total. The van der Waals surface area contributed by atoms with Crippen LogP contribution in [0.3, 0.4) is 0 Å². The van der Waals surface area contributed by atoms with E-state index in [0.717, 1.165) is 23.1 Å². The van der Waals surface area contributed by atoms with Crippen molar-refractivity contribution in [1.82, 2.24) is 0 Å². The normalized spacial score (nSPS) is 10.8. The Balaban J connectivity index is 0.00000320. The second kappa shape index (κ2) is 13.3. The third kappa shape index (κ3) is 7.65. The molecular formula is C27H35ClO2. The van der Waals surface area contributed by atoms with Crippen LogP contribution in [0, 0.1) is 0 Å². The molecule has 0 saturated carbocycles. The van der Waals surface area contributed by atoms with Gasteiger partial charge in [-0.3, -0.25) is 0 Å². The summed E-state index contributed by atoms with van der Waals surface area (Å²) in [5.41, 5.74) is 3.17. The molecule has 2 nitrogen and oxygen atoms in total. The standard InChI is InChI=1S/C27H34O2.ClH/c1-2-3-4-5-6-7-8-9-10-11-12-22-13-15-23(16-14-22)26-20-18-24-17-19-25(28)21-27(24)29-26;/h13-21H,2-12H2,1H3;1H. The molecule has 0 unspecified atom stereocenters. The van der Waals surface area contributed by atoms with E-state index in [4.69, 9.17) is 4.42 Å². The van der Waals surface area contributed by atoms with Crippen LogP contribution in [-0.2, 0) is 6.42 Å². The Morgan fingerprint density at radius 1 is 0.700 bits per heavy atom. The average Bonchev–Trinajstić information content (AvgIpc) is 2.75. The van der Waals surface area contributed by atoms with Crippen molar-refractivity contribution in [2.75, 3.05) is 0 Å². The van der Waals surface area contributed by atoms with Gasteiger partial charge in [0, 0.05) is 6.07 Å². The summed E-state index contributed by atoms with van der Waals surface area (Å²) in [6.45, 7) is 2.28. The van der Waals surface area contributed by atoms with Crippen molar-refractivity contribution >= 4 is 11.0 Å². The van der Waals surface area contributed by atoms with Crippen molar-refractivity contribution in [3.05, 3.63) is 60.2 Å². The van der Waals surface area contributed by atoms with E-state index in [1.807, 2.05) is 18.2 Å². The number of unbranched alkanes of at least 4 members (excludes halogenated alkanes) is 9. The Kier molecular flexibility index (Phi) is 10.7. The van der Waals surface area contributed by atoms with Crippen LogP contribution >= 0.6 is 0 Å². The Hall–Kier alpha value is -2.06. The van der Waals surface area contributed by atoms with E-state index in [-0.39, 0.29) is 18.2 Å². The van der Waals surface area contributed by atoms with Crippen molar-refractivity contribution in [2.45, 2.75) is 77.6 Å². The lowest BCUT2D eigenvalue weighted by molar-refractivity contribution is -0.00000756. The highest BCUT2D eigenvalue weighted by molar-refractivity contribution is 5.80. The number of phenols is 1. The number of benzene rings is 2. The predicted molar refractivity (Wildman–Crippen MR) is 123 cm³/mol. The average molecular weight is 427 g/mol. The molecule has 0 radical (unpaired) electrons. The minimum Gasteiger partial charge on any atom is -1.00 e. The number of hydrogen-bond donors (Lipinski definition) is 1. The van der Waals surface area contributed by atoms with E-state index in [1.165, 1.54) is 69.8 Å². The Morgan fingerprint density at radius 3 is 1.97 bits per heavy atom. The van der Waals surface area contributed by atoms with Gasteiger partial charge in [0.25, 0.3) is 0 Å². The summed E-state index contributed by atoms with van der Waals surface area (Å²) in [5, 5.41) is 10.7. The molecule has 2 aromatic carbocycles.